The van der Waals surface area contributed by atoms with Gasteiger partial charge in [-0.3, -0.25) is 0 Å². The van der Waals surface area contributed by atoms with E-state index in [1.165, 1.54) is 0 Å². The molecule has 2 rings (SSSR count). The fourth-order valence-electron chi connectivity index (χ4n) is 2.36. The second-order valence-corrected chi connectivity index (χ2v) is 6.64. The molecule has 2 atom stereocenters. The van der Waals surface area contributed by atoms with Crippen LogP contribution in [0.25, 0.3) is 0 Å². The van der Waals surface area contributed by atoms with Gasteiger partial charge in [-0.05, 0) is 30.5 Å². The first kappa shape index (κ1) is 14.0. The quantitative estimate of drug-likeness (QED) is 0.854. The SMILES string of the molecule is N#Cc1cccc(CS(=O)(=O)NC2CCCC2N)c1. The molecule has 0 aromatic heterocycles. The summed E-state index contributed by atoms with van der Waals surface area (Å²) in [7, 11) is -3.42. The number of nitriles is 1. The summed E-state index contributed by atoms with van der Waals surface area (Å²) in [5.74, 6) is -0.119. The van der Waals surface area contributed by atoms with Crippen LogP contribution in [0.3, 0.4) is 0 Å². The van der Waals surface area contributed by atoms with Gasteiger partial charge in [0.2, 0.25) is 10.0 Å². The summed E-state index contributed by atoms with van der Waals surface area (Å²) >= 11 is 0. The summed E-state index contributed by atoms with van der Waals surface area (Å²) in [6, 6.07) is 8.37. The number of hydrogen-bond acceptors (Lipinski definition) is 4. The molecule has 6 heteroatoms. The summed E-state index contributed by atoms with van der Waals surface area (Å²) in [4.78, 5) is 0. The lowest BCUT2D eigenvalue weighted by Gasteiger charge is -2.17. The summed E-state index contributed by atoms with van der Waals surface area (Å²) in [6.45, 7) is 0. The van der Waals surface area contributed by atoms with E-state index in [-0.39, 0.29) is 17.8 Å². The maximum absolute atomic E-state index is 12.1. The molecule has 102 valence electrons. The Morgan fingerprint density at radius 3 is 2.84 bits per heavy atom. The van der Waals surface area contributed by atoms with E-state index < -0.39 is 10.0 Å². The summed E-state index contributed by atoms with van der Waals surface area (Å²) in [6.07, 6.45) is 2.61. The van der Waals surface area contributed by atoms with E-state index >= 15 is 0 Å². The van der Waals surface area contributed by atoms with E-state index in [1.54, 1.807) is 24.3 Å². The van der Waals surface area contributed by atoms with Crippen LogP contribution in [-0.4, -0.2) is 20.5 Å². The number of nitrogens with zero attached hydrogens (tertiary/aromatic N) is 1. The van der Waals surface area contributed by atoms with Gasteiger partial charge in [0.1, 0.15) is 0 Å². The molecule has 1 fully saturated rings. The summed E-state index contributed by atoms with van der Waals surface area (Å²) in [5.41, 5.74) is 6.93. The summed E-state index contributed by atoms with van der Waals surface area (Å²) in [5, 5.41) is 8.79. The van der Waals surface area contributed by atoms with Crippen LogP contribution < -0.4 is 10.5 Å². The van der Waals surface area contributed by atoms with Crippen molar-refractivity contribution in [3.8, 4) is 6.07 Å². The molecule has 1 saturated carbocycles. The van der Waals surface area contributed by atoms with E-state index in [0.29, 0.717) is 11.1 Å². The first-order valence-electron chi connectivity index (χ1n) is 6.25. The van der Waals surface area contributed by atoms with Gasteiger partial charge < -0.3 is 5.73 Å². The Hall–Kier alpha value is -1.42. The van der Waals surface area contributed by atoms with Crippen LogP contribution in [0.1, 0.15) is 30.4 Å². The molecule has 0 radical (unpaired) electrons. The van der Waals surface area contributed by atoms with Crippen LogP contribution in [0.2, 0.25) is 0 Å². The molecule has 0 heterocycles. The van der Waals surface area contributed by atoms with Crippen LogP contribution in [0.5, 0.6) is 0 Å². The molecular formula is C13H17N3O2S. The van der Waals surface area contributed by atoms with Gasteiger partial charge in [-0.15, -0.1) is 0 Å². The van der Waals surface area contributed by atoms with Crippen LogP contribution in [0, 0.1) is 11.3 Å². The van der Waals surface area contributed by atoms with Crippen LogP contribution in [-0.2, 0) is 15.8 Å². The third-order valence-corrected chi connectivity index (χ3v) is 4.69. The number of benzene rings is 1. The average Bonchev–Trinajstić information content (AvgIpc) is 2.74. The number of sulfonamides is 1. The molecule has 0 bridgehead atoms. The molecule has 5 nitrogen and oxygen atoms in total. The first-order chi connectivity index (χ1) is 9.00. The lowest BCUT2D eigenvalue weighted by molar-refractivity contribution is 0.522. The minimum absolute atomic E-state index is 0.0970. The molecule has 0 amide bonds. The number of nitrogens with two attached hydrogens (primary N) is 1. The van der Waals surface area contributed by atoms with Crippen molar-refractivity contribution in [3.63, 3.8) is 0 Å². The van der Waals surface area contributed by atoms with E-state index in [4.69, 9.17) is 11.0 Å². The standard InChI is InChI=1S/C13H17N3O2S/c14-8-10-3-1-4-11(7-10)9-19(17,18)16-13-6-2-5-12(13)15/h1,3-4,7,12-13,16H,2,5-6,9,15H2. The third-order valence-electron chi connectivity index (χ3n) is 3.31. The molecule has 1 aromatic carbocycles. The van der Waals surface area contributed by atoms with Gasteiger partial charge in [0, 0.05) is 12.1 Å². The zero-order chi connectivity index (χ0) is 13.9. The second kappa shape index (κ2) is 5.70. The molecular weight excluding hydrogens is 262 g/mol. The lowest BCUT2D eigenvalue weighted by Crippen LogP contribution is -2.44. The topological polar surface area (TPSA) is 96.0 Å². The fourth-order valence-corrected chi connectivity index (χ4v) is 3.81. The van der Waals surface area contributed by atoms with E-state index in [1.807, 2.05) is 6.07 Å². The highest BCUT2D eigenvalue weighted by molar-refractivity contribution is 7.88. The van der Waals surface area contributed by atoms with Crippen molar-refractivity contribution in [2.75, 3.05) is 0 Å². The van der Waals surface area contributed by atoms with Gasteiger partial charge in [0.05, 0.1) is 17.4 Å². The van der Waals surface area contributed by atoms with Gasteiger partial charge in [-0.1, -0.05) is 18.6 Å². The number of hydrogen-bond donors (Lipinski definition) is 2. The van der Waals surface area contributed by atoms with Crippen molar-refractivity contribution in [1.82, 2.24) is 4.72 Å². The highest BCUT2D eigenvalue weighted by Gasteiger charge is 2.27. The Labute approximate surface area is 113 Å². The van der Waals surface area contributed by atoms with E-state index in [9.17, 15) is 8.42 Å². The first-order valence-corrected chi connectivity index (χ1v) is 7.90. The van der Waals surface area contributed by atoms with Crippen molar-refractivity contribution >= 4 is 10.0 Å². The van der Waals surface area contributed by atoms with E-state index in [0.717, 1.165) is 19.3 Å². The Kier molecular flexibility index (Phi) is 4.20. The second-order valence-electron chi connectivity index (χ2n) is 4.89. The molecule has 3 N–H and O–H groups in total. The Bertz CT molecular complexity index is 592. The zero-order valence-corrected chi connectivity index (χ0v) is 11.4. The van der Waals surface area contributed by atoms with Crippen molar-refractivity contribution < 1.29 is 8.42 Å². The lowest BCUT2D eigenvalue weighted by atomic mass is 10.2. The molecule has 0 saturated heterocycles. The van der Waals surface area contributed by atoms with Gasteiger partial charge >= 0.3 is 0 Å². The maximum atomic E-state index is 12.1. The Morgan fingerprint density at radius 1 is 1.42 bits per heavy atom. The van der Waals surface area contributed by atoms with Crippen LogP contribution in [0.4, 0.5) is 0 Å². The molecule has 19 heavy (non-hydrogen) atoms. The minimum Gasteiger partial charge on any atom is -0.326 e. The Balaban J connectivity index is 2.06. The van der Waals surface area contributed by atoms with Crippen molar-refractivity contribution in [2.24, 2.45) is 5.73 Å². The summed E-state index contributed by atoms with van der Waals surface area (Å²) < 4.78 is 26.8. The van der Waals surface area contributed by atoms with Crippen molar-refractivity contribution in [2.45, 2.75) is 37.1 Å². The van der Waals surface area contributed by atoms with Crippen LogP contribution in [0.15, 0.2) is 24.3 Å². The molecule has 2 unspecified atom stereocenters. The largest absolute Gasteiger partial charge is 0.326 e. The van der Waals surface area contributed by atoms with Gasteiger partial charge in [-0.2, -0.15) is 5.26 Å². The highest BCUT2D eigenvalue weighted by Crippen LogP contribution is 2.18. The van der Waals surface area contributed by atoms with Crippen molar-refractivity contribution in [3.05, 3.63) is 35.4 Å². The van der Waals surface area contributed by atoms with Gasteiger partial charge in [0.15, 0.2) is 0 Å². The maximum Gasteiger partial charge on any atom is 0.216 e. The zero-order valence-electron chi connectivity index (χ0n) is 10.5. The highest BCUT2D eigenvalue weighted by atomic mass is 32.2. The van der Waals surface area contributed by atoms with Gasteiger partial charge in [0.25, 0.3) is 0 Å². The normalized spacial score (nSPS) is 23.2. The van der Waals surface area contributed by atoms with E-state index in [2.05, 4.69) is 4.72 Å². The predicted octanol–water partition coefficient (Wildman–Crippen LogP) is 0.857. The third kappa shape index (κ3) is 3.77. The molecule has 1 aliphatic carbocycles. The predicted molar refractivity (Wildman–Crippen MR) is 72.5 cm³/mol. The Morgan fingerprint density at radius 2 is 2.21 bits per heavy atom. The number of nitrogens with one attached hydrogen (secondary N) is 1. The molecule has 0 aliphatic heterocycles. The van der Waals surface area contributed by atoms with Crippen molar-refractivity contribution in [1.29, 1.82) is 5.26 Å². The molecule has 1 aromatic rings. The van der Waals surface area contributed by atoms with Gasteiger partial charge in [-0.25, -0.2) is 13.1 Å². The van der Waals surface area contributed by atoms with Crippen LogP contribution >= 0.6 is 0 Å². The smallest absolute Gasteiger partial charge is 0.216 e. The minimum atomic E-state index is -3.42. The fraction of sp³-hybridized carbons (Fsp3) is 0.462. The monoisotopic (exact) mass is 279 g/mol. The molecule has 0 spiro atoms. The average molecular weight is 279 g/mol. The number of rotatable bonds is 4. The molecule has 1 aliphatic rings.